The van der Waals surface area contributed by atoms with Gasteiger partial charge in [0.1, 0.15) is 11.4 Å². The number of aliphatic imine (C=N–C) groups is 1. The van der Waals surface area contributed by atoms with E-state index in [-0.39, 0.29) is 11.3 Å². The Morgan fingerprint density at radius 3 is 1.74 bits per heavy atom. The van der Waals surface area contributed by atoms with Gasteiger partial charge in [-0.25, -0.2) is 26.9 Å². The molecular formula is C28H20Cl2F5NOZr. The number of phenols is 1. The number of rotatable bonds is 5. The number of hydrogen-bond donors (Lipinski definition) is 1. The molecule has 0 saturated carbocycles. The maximum absolute atomic E-state index is 14.1. The maximum atomic E-state index is 14.1. The van der Waals surface area contributed by atoms with E-state index in [0.717, 1.165) is 17.3 Å². The van der Waals surface area contributed by atoms with Crippen molar-refractivity contribution in [3.05, 3.63) is 119 Å². The molecule has 4 aromatic rings. The van der Waals surface area contributed by atoms with Gasteiger partial charge in [-0.2, -0.15) is 0 Å². The van der Waals surface area contributed by atoms with E-state index in [9.17, 15) is 27.1 Å². The second-order valence-corrected chi connectivity index (χ2v) is 12.3. The van der Waals surface area contributed by atoms with Crippen LogP contribution in [0.25, 0.3) is 11.1 Å². The Hall–Kier alpha value is -2.54. The van der Waals surface area contributed by atoms with Gasteiger partial charge in [0.25, 0.3) is 0 Å². The molecule has 0 aliphatic rings. The van der Waals surface area contributed by atoms with Crippen LogP contribution in [0.3, 0.4) is 0 Å². The Balaban J connectivity index is 0.00000127. The zero-order chi connectivity index (χ0) is 28.0. The zero-order valence-corrected chi connectivity index (χ0v) is 24.0. The predicted molar refractivity (Wildman–Crippen MR) is 137 cm³/mol. The van der Waals surface area contributed by atoms with E-state index in [0.29, 0.717) is 11.1 Å². The Morgan fingerprint density at radius 2 is 1.21 bits per heavy atom. The van der Waals surface area contributed by atoms with Crippen LogP contribution in [-0.2, 0) is 26.3 Å². The molecule has 38 heavy (non-hydrogen) atoms. The molecule has 10 heteroatoms. The van der Waals surface area contributed by atoms with Crippen molar-refractivity contribution in [2.24, 2.45) is 4.99 Å². The molecule has 0 spiro atoms. The average molecular weight is 644 g/mol. The summed E-state index contributed by atoms with van der Waals surface area (Å²) in [6.07, 6.45) is 0.893. The van der Waals surface area contributed by atoms with Gasteiger partial charge in [-0.15, -0.1) is 0 Å². The fraction of sp³-hybridized carbons (Fsp3) is 0.107. The van der Waals surface area contributed by atoms with E-state index < -0.39 is 61.0 Å². The standard InChI is InChI=1S/C28H20F5NO.2ClH.Zr/c1-28(2,19-11-7-4-8-12-19)20-14-17(16-9-5-3-6-10-16)13-18(27(20)35)15-34-26-24(32)22(30)21(29)23(31)25(26)33;;;/h3-15,35H,1-2H3;2*1H;/q;;;+2/p-2. The van der Waals surface area contributed by atoms with E-state index in [1.165, 1.54) is 6.07 Å². The van der Waals surface area contributed by atoms with Crippen molar-refractivity contribution in [3.63, 3.8) is 0 Å². The molecule has 0 atom stereocenters. The molecule has 1 N–H and O–H groups in total. The van der Waals surface area contributed by atoms with Crippen LogP contribution in [0.1, 0.15) is 30.5 Å². The molecular weight excluding hydrogens is 623 g/mol. The van der Waals surface area contributed by atoms with Crippen LogP contribution < -0.4 is 0 Å². The van der Waals surface area contributed by atoms with Crippen LogP contribution >= 0.6 is 17.0 Å². The summed E-state index contributed by atoms with van der Waals surface area (Å²) in [5.41, 5.74) is 0.851. The zero-order valence-electron chi connectivity index (χ0n) is 20.0. The topological polar surface area (TPSA) is 32.6 Å². The van der Waals surface area contributed by atoms with Crippen LogP contribution in [-0.4, -0.2) is 11.3 Å². The first-order chi connectivity index (χ1) is 18.0. The van der Waals surface area contributed by atoms with Gasteiger partial charge in [-0.1, -0.05) is 74.5 Å². The molecule has 196 valence electrons. The third kappa shape index (κ3) is 6.36. The van der Waals surface area contributed by atoms with E-state index >= 15 is 0 Å². The van der Waals surface area contributed by atoms with E-state index in [1.54, 1.807) is 6.07 Å². The fourth-order valence-corrected chi connectivity index (χ4v) is 3.88. The Bertz CT molecular complexity index is 1420. The van der Waals surface area contributed by atoms with Crippen molar-refractivity contribution in [3.8, 4) is 16.9 Å². The van der Waals surface area contributed by atoms with Gasteiger partial charge in [-0.05, 0) is 28.8 Å². The number of nitrogens with zero attached hydrogens (tertiary/aromatic N) is 1. The number of benzene rings is 4. The SMILES string of the molecule is CC(C)(c1ccccc1)c1cc(-c2ccccc2)cc(C=Nc2c(F)c(F)c(F)c(F)c2F)c1O.[Cl][Zr][Cl]. The van der Waals surface area contributed by atoms with Gasteiger partial charge in [0, 0.05) is 22.8 Å². The molecule has 2 nitrogen and oxygen atoms in total. The number of hydrogen-bond acceptors (Lipinski definition) is 2. The summed E-state index contributed by atoms with van der Waals surface area (Å²) in [6, 6.07) is 21.9. The summed E-state index contributed by atoms with van der Waals surface area (Å²) in [5, 5.41) is 11.1. The molecule has 0 heterocycles. The van der Waals surface area contributed by atoms with Crippen molar-refractivity contribution in [2.45, 2.75) is 19.3 Å². The predicted octanol–water partition coefficient (Wildman–Crippen LogP) is 9.21. The van der Waals surface area contributed by atoms with Crippen molar-refractivity contribution in [1.82, 2.24) is 0 Å². The van der Waals surface area contributed by atoms with Crippen LogP contribution in [0.4, 0.5) is 27.6 Å². The van der Waals surface area contributed by atoms with Gasteiger partial charge < -0.3 is 5.11 Å². The van der Waals surface area contributed by atoms with E-state index in [1.807, 2.05) is 74.5 Å². The van der Waals surface area contributed by atoms with Gasteiger partial charge in [0.05, 0.1) is 0 Å². The van der Waals surface area contributed by atoms with Crippen LogP contribution in [0.15, 0.2) is 77.8 Å². The van der Waals surface area contributed by atoms with Crippen LogP contribution in [0.5, 0.6) is 5.75 Å². The first-order valence-corrected chi connectivity index (χ1v) is 17.4. The Kier molecular flexibility index (Phi) is 10.3. The molecule has 0 amide bonds. The summed E-state index contributed by atoms with van der Waals surface area (Å²) < 4.78 is 68.9. The third-order valence-electron chi connectivity index (χ3n) is 5.93. The molecule has 0 unspecified atom stereocenters. The fourth-order valence-electron chi connectivity index (χ4n) is 3.88. The molecule has 0 aliphatic carbocycles. The number of halogens is 7. The number of aromatic hydroxyl groups is 1. The van der Waals surface area contributed by atoms with Crippen LogP contribution in [0.2, 0.25) is 0 Å². The van der Waals surface area contributed by atoms with E-state index in [2.05, 4.69) is 4.99 Å². The Labute approximate surface area is 235 Å². The Morgan fingerprint density at radius 1 is 0.737 bits per heavy atom. The summed E-state index contributed by atoms with van der Waals surface area (Å²) >= 11 is -0.826. The van der Waals surface area contributed by atoms with Gasteiger partial charge in [-0.3, -0.25) is 0 Å². The summed E-state index contributed by atoms with van der Waals surface area (Å²) in [4.78, 5) is 3.55. The van der Waals surface area contributed by atoms with Gasteiger partial charge in [0.2, 0.25) is 5.82 Å². The molecule has 4 aromatic carbocycles. The normalized spacial score (nSPS) is 11.3. The first-order valence-electron chi connectivity index (χ1n) is 11.0. The van der Waals surface area contributed by atoms with Crippen molar-refractivity contribution >= 4 is 28.9 Å². The minimum absolute atomic E-state index is 0.0503. The van der Waals surface area contributed by atoms with Gasteiger partial charge >= 0.3 is 37.9 Å². The average Bonchev–Trinajstić information content (AvgIpc) is 2.93. The second kappa shape index (κ2) is 13.0. The monoisotopic (exact) mass is 641 g/mol. The first kappa shape index (κ1) is 30.0. The molecule has 0 aliphatic heterocycles. The van der Waals surface area contributed by atoms with E-state index in [4.69, 9.17) is 17.0 Å². The number of phenolic OH excluding ortho intramolecular Hbond substituents is 1. The molecule has 0 bridgehead atoms. The summed E-state index contributed by atoms with van der Waals surface area (Å²) in [6.45, 7) is 3.80. The van der Waals surface area contributed by atoms with Crippen molar-refractivity contribution < 1.29 is 47.9 Å². The summed E-state index contributed by atoms with van der Waals surface area (Å²) in [7, 11) is 9.87. The minimum atomic E-state index is -2.26. The molecule has 4 rings (SSSR count). The second-order valence-electron chi connectivity index (χ2n) is 8.57. The summed E-state index contributed by atoms with van der Waals surface area (Å²) in [5.74, 6) is -10.8. The van der Waals surface area contributed by atoms with Crippen LogP contribution in [0, 0.1) is 29.1 Å². The molecule has 0 fully saturated rings. The van der Waals surface area contributed by atoms with Gasteiger partial charge in [0.15, 0.2) is 23.3 Å². The quantitative estimate of drug-likeness (QED) is 0.100. The molecule has 0 saturated heterocycles. The third-order valence-corrected chi connectivity index (χ3v) is 5.93. The molecule has 0 aromatic heterocycles. The van der Waals surface area contributed by atoms with Crippen molar-refractivity contribution in [1.29, 1.82) is 0 Å². The molecule has 0 radical (unpaired) electrons. The van der Waals surface area contributed by atoms with Crippen molar-refractivity contribution in [2.75, 3.05) is 0 Å².